The van der Waals surface area contributed by atoms with Crippen LogP contribution in [0.5, 0.6) is 5.88 Å². The van der Waals surface area contributed by atoms with Gasteiger partial charge in [-0.3, -0.25) is 14.5 Å². The van der Waals surface area contributed by atoms with Crippen LogP contribution in [0.15, 0.2) is 60.9 Å². The number of benzene rings is 2. The number of aromatic nitrogens is 5. The number of anilines is 3. The van der Waals surface area contributed by atoms with E-state index in [0.29, 0.717) is 22.8 Å². The largest absolute Gasteiger partial charge is 0.470 e. The molecule has 0 atom stereocenters. The molecule has 1 aliphatic rings. The van der Waals surface area contributed by atoms with Crippen LogP contribution in [0.3, 0.4) is 0 Å². The SMILES string of the molecule is Cn1cc2cc(N3Cc4nnc(OCC(F)F)cc4N(c4ccc5c(ccn5C)c4)C3=O)ccc2n1. The minimum atomic E-state index is -2.65. The molecule has 0 saturated carbocycles. The summed E-state index contributed by atoms with van der Waals surface area (Å²) in [5, 5.41) is 14.5. The fraction of sp³-hybridized carbons (Fsp3) is 0.200. The van der Waals surface area contributed by atoms with Crippen LogP contribution in [0.4, 0.5) is 30.6 Å². The molecule has 0 saturated heterocycles. The molecule has 2 amide bonds. The maximum Gasteiger partial charge on any atom is 0.334 e. The van der Waals surface area contributed by atoms with Crippen molar-refractivity contribution in [2.24, 2.45) is 14.1 Å². The van der Waals surface area contributed by atoms with Crippen molar-refractivity contribution in [3.8, 4) is 5.88 Å². The predicted octanol–water partition coefficient (Wildman–Crippen LogP) is 4.78. The van der Waals surface area contributed by atoms with Crippen molar-refractivity contribution in [1.29, 1.82) is 0 Å². The van der Waals surface area contributed by atoms with Gasteiger partial charge in [0.2, 0.25) is 5.88 Å². The van der Waals surface area contributed by atoms with Crippen molar-refractivity contribution in [2.45, 2.75) is 13.0 Å². The van der Waals surface area contributed by atoms with Crippen molar-refractivity contribution < 1.29 is 18.3 Å². The molecular formula is C25H21F2N7O2. The third-order valence-corrected chi connectivity index (χ3v) is 6.19. The Hall–Kier alpha value is -4.54. The number of halogens is 2. The fourth-order valence-corrected chi connectivity index (χ4v) is 4.52. The Kier molecular flexibility index (Phi) is 5.06. The molecule has 0 aliphatic carbocycles. The number of carbonyl (C=O) groups is 1. The summed E-state index contributed by atoms with van der Waals surface area (Å²) in [5.41, 5.74) is 4.07. The summed E-state index contributed by atoms with van der Waals surface area (Å²) in [7, 11) is 3.79. The number of amides is 2. The smallest absolute Gasteiger partial charge is 0.334 e. The molecule has 36 heavy (non-hydrogen) atoms. The summed E-state index contributed by atoms with van der Waals surface area (Å²) in [4.78, 5) is 17.1. The van der Waals surface area contributed by atoms with Crippen LogP contribution in [-0.4, -0.2) is 43.6 Å². The van der Waals surface area contributed by atoms with Crippen molar-refractivity contribution in [2.75, 3.05) is 16.4 Å². The van der Waals surface area contributed by atoms with E-state index in [2.05, 4.69) is 15.3 Å². The Morgan fingerprint density at radius 1 is 1.00 bits per heavy atom. The summed E-state index contributed by atoms with van der Waals surface area (Å²) in [6.45, 7) is -0.652. The highest BCUT2D eigenvalue weighted by molar-refractivity contribution is 6.12. The summed E-state index contributed by atoms with van der Waals surface area (Å²) in [5.74, 6) is -0.0714. The van der Waals surface area contributed by atoms with Gasteiger partial charge in [-0.1, -0.05) is 0 Å². The van der Waals surface area contributed by atoms with Gasteiger partial charge in [0.15, 0.2) is 6.61 Å². The number of hydrogen-bond acceptors (Lipinski definition) is 5. The van der Waals surface area contributed by atoms with Crippen LogP contribution in [0.1, 0.15) is 5.69 Å². The molecule has 0 bridgehead atoms. The number of rotatable bonds is 5. The van der Waals surface area contributed by atoms with Gasteiger partial charge >= 0.3 is 6.03 Å². The van der Waals surface area contributed by atoms with E-state index in [0.717, 1.165) is 21.8 Å². The Morgan fingerprint density at radius 3 is 2.64 bits per heavy atom. The highest BCUT2D eigenvalue weighted by atomic mass is 19.3. The topological polar surface area (TPSA) is 81.3 Å². The van der Waals surface area contributed by atoms with Crippen molar-refractivity contribution in [3.05, 3.63) is 66.6 Å². The van der Waals surface area contributed by atoms with Crippen molar-refractivity contribution >= 4 is 44.9 Å². The fourth-order valence-electron chi connectivity index (χ4n) is 4.52. The molecule has 11 heteroatoms. The zero-order chi connectivity index (χ0) is 25.0. The first-order chi connectivity index (χ1) is 17.4. The van der Waals surface area contributed by atoms with Gasteiger partial charge in [0.25, 0.3) is 6.43 Å². The van der Waals surface area contributed by atoms with Gasteiger partial charge < -0.3 is 9.30 Å². The Labute approximate surface area is 204 Å². The highest BCUT2D eigenvalue weighted by Crippen LogP contribution is 2.38. The normalized spacial score (nSPS) is 13.8. The van der Waals surface area contributed by atoms with Gasteiger partial charge in [0.05, 0.1) is 23.4 Å². The van der Waals surface area contributed by atoms with Gasteiger partial charge in [0.1, 0.15) is 5.69 Å². The molecule has 5 aromatic rings. The van der Waals surface area contributed by atoms with Crippen LogP contribution in [0, 0.1) is 0 Å². The van der Waals surface area contributed by atoms with Gasteiger partial charge in [0, 0.05) is 54.5 Å². The third kappa shape index (κ3) is 3.69. The summed E-state index contributed by atoms with van der Waals surface area (Å²) in [6.07, 6.45) is 1.17. The first kappa shape index (κ1) is 22.0. The number of alkyl halides is 2. The minimum absolute atomic E-state index is 0.0714. The van der Waals surface area contributed by atoms with Gasteiger partial charge in [-0.05, 0) is 42.5 Å². The van der Waals surface area contributed by atoms with Crippen LogP contribution < -0.4 is 14.5 Å². The van der Waals surface area contributed by atoms with Crippen LogP contribution in [-0.2, 0) is 20.6 Å². The Morgan fingerprint density at radius 2 is 1.81 bits per heavy atom. The number of fused-ring (bicyclic) bond motifs is 3. The molecule has 0 fully saturated rings. The first-order valence-electron chi connectivity index (χ1n) is 11.2. The zero-order valence-electron chi connectivity index (χ0n) is 19.5. The number of urea groups is 1. The number of ether oxygens (including phenoxy) is 1. The lowest BCUT2D eigenvalue weighted by atomic mass is 10.1. The van der Waals surface area contributed by atoms with Crippen LogP contribution in [0.25, 0.3) is 21.8 Å². The lowest BCUT2D eigenvalue weighted by molar-refractivity contribution is 0.0790. The molecule has 4 heterocycles. The first-order valence-corrected chi connectivity index (χ1v) is 11.2. The summed E-state index contributed by atoms with van der Waals surface area (Å²) < 4.78 is 34.2. The number of carbonyl (C=O) groups excluding carboxylic acids is 1. The standard InChI is InChI=1S/C25H21F2N7O2/c1-31-8-7-15-9-18(4-6-21(15)31)34-22-11-24(36-14-23(26)27)29-28-20(22)13-33(25(34)35)17-3-5-19-16(10-17)12-32(2)30-19/h3-12,23H,13-14H2,1-2H3. The number of aryl methyl sites for hydroxylation is 2. The molecule has 182 valence electrons. The van der Waals surface area contributed by atoms with E-state index < -0.39 is 13.0 Å². The van der Waals surface area contributed by atoms with Gasteiger partial charge in [-0.2, -0.15) is 5.10 Å². The minimum Gasteiger partial charge on any atom is -0.470 e. The zero-order valence-corrected chi connectivity index (χ0v) is 19.5. The van der Waals surface area contributed by atoms with Crippen LogP contribution >= 0.6 is 0 Å². The van der Waals surface area contributed by atoms with Gasteiger partial charge in [-0.15, -0.1) is 10.2 Å². The number of hydrogen-bond donors (Lipinski definition) is 0. The van der Waals surface area contributed by atoms with Crippen LogP contribution in [0.2, 0.25) is 0 Å². The number of nitrogens with zero attached hydrogens (tertiary/aromatic N) is 7. The van der Waals surface area contributed by atoms with Crippen molar-refractivity contribution in [1.82, 2.24) is 24.5 Å². The molecule has 2 aromatic carbocycles. The molecule has 9 nitrogen and oxygen atoms in total. The van der Waals surface area contributed by atoms with E-state index in [1.54, 1.807) is 9.58 Å². The van der Waals surface area contributed by atoms with E-state index in [1.165, 1.54) is 11.0 Å². The monoisotopic (exact) mass is 489 g/mol. The molecule has 0 spiro atoms. The van der Waals surface area contributed by atoms with E-state index in [-0.39, 0.29) is 18.5 Å². The average molecular weight is 489 g/mol. The van der Waals surface area contributed by atoms with E-state index in [4.69, 9.17) is 4.74 Å². The molecule has 1 aliphatic heterocycles. The van der Waals surface area contributed by atoms with E-state index >= 15 is 0 Å². The lowest BCUT2D eigenvalue weighted by Crippen LogP contribution is -2.45. The van der Waals surface area contributed by atoms with E-state index in [9.17, 15) is 13.6 Å². The molecule has 3 aromatic heterocycles. The average Bonchev–Trinajstić information content (AvgIpc) is 3.42. The second kappa shape index (κ2) is 8.29. The van der Waals surface area contributed by atoms with Crippen molar-refractivity contribution in [3.63, 3.8) is 0 Å². The summed E-state index contributed by atoms with van der Waals surface area (Å²) in [6, 6.07) is 14.4. The quantitative estimate of drug-likeness (QED) is 0.355. The highest BCUT2D eigenvalue weighted by Gasteiger charge is 2.34. The Balaban J connectivity index is 1.47. The maximum atomic E-state index is 14.0. The predicted molar refractivity (Wildman–Crippen MR) is 131 cm³/mol. The molecule has 0 radical (unpaired) electrons. The maximum absolute atomic E-state index is 14.0. The Bertz CT molecular complexity index is 1630. The van der Waals surface area contributed by atoms with E-state index in [1.807, 2.05) is 73.5 Å². The molecule has 0 N–H and O–H groups in total. The molecular weight excluding hydrogens is 468 g/mol. The summed E-state index contributed by atoms with van der Waals surface area (Å²) >= 11 is 0. The second-order valence-corrected chi connectivity index (χ2v) is 8.64. The molecule has 6 rings (SSSR count). The van der Waals surface area contributed by atoms with Gasteiger partial charge in [-0.25, -0.2) is 13.6 Å². The third-order valence-electron chi connectivity index (χ3n) is 6.19. The lowest BCUT2D eigenvalue weighted by Gasteiger charge is -2.36. The molecule has 0 unspecified atom stereocenters. The second-order valence-electron chi connectivity index (χ2n) is 8.64.